The third kappa shape index (κ3) is 2.18. The molecule has 0 aliphatic heterocycles. The number of aryl methyl sites for hydroxylation is 1. The molecular weight excluding hydrogens is 326 g/mol. The van der Waals surface area contributed by atoms with Crippen LogP contribution >= 0.6 is 0 Å². The molecule has 8 aliphatic rings. The minimum atomic E-state index is 0.659. The zero-order valence-electron chi connectivity index (χ0n) is 17.2. The smallest absolute Gasteiger partial charge is 0.0213 e. The van der Waals surface area contributed by atoms with Crippen molar-refractivity contribution < 1.29 is 0 Å². The summed E-state index contributed by atoms with van der Waals surface area (Å²) < 4.78 is 2.54. The minimum absolute atomic E-state index is 0.659. The van der Waals surface area contributed by atoms with Crippen molar-refractivity contribution in [1.82, 2.24) is 4.57 Å². The molecule has 8 fully saturated rings. The maximum atomic E-state index is 2.54. The third-order valence-electron chi connectivity index (χ3n) is 10.7. The molecule has 8 aliphatic carbocycles. The van der Waals surface area contributed by atoms with Crippen LogP contribution in [0.15, 0.2) is 18.3 Å². The Morgan fingerprint density at radius 3 is 1.37 bits per heavy atom. The number of hydrogen-bond donors (Lipinski definition) is 0. The predicted molar refractivity (Wildman–Crippen MR) is 109 cm³/mol. The summed E-state index contributed by atoms with van der Waals surface area (Å²) in [6.07, 6.45) is 21.3. The molecule has 0 N–H and O–H groups in total. The fourth-order valence-electron chi connectivity index (χ4n) is 11.1. The highest BCUT2D eigenvalue weighted by Gasteiger charge is 2.63. The van der Waals surface area contributed by atoms with Gasteiger partial charge in [-0.15, -0.1) is 0 Å². The van der Waals surface area contributed by atoms with Gasteiger partial charge in [-0.2, -0.15) is 0 Å². The Bertz CT molecular complexity index is 639. The van der Waals surface area contributed by atoms with Gasteiger partial charge in [0.15, 0.2) is 0 Å². The fraction of sp³-hybridized carbons (Fsp3) is 0.846. The first-order valence-electron chi connectivity index (χ1n) is 12.2. The van der Waals surface area contributed by atoms with E-state index in [1.807, 2.05) is 0 Å². The molecule has 0 spiro atoms. The SMILES string of the molecule is Cn1cccc1C(C12CC3CC(CC(C3)C1)C2)C12CC3CC(CC(C3)C1)C2. The Kier molecular flexibility index (Phi) is 3.13. The van der Waals surface area contributed by atoms with Gasteiger partial charge in [0, 0.05) is 24.9 Å². The van der Waals surface area contributed by atoms with E-state index in [0.717, 1.165) is 41.4 Å². The van der Waals surface area contributed by atoms with E-state index < -0.39 is 0 Å². The summed E-state index contributed by atoms with van der Waals surface area (Å²) in [5.74, 6) is 7.33. The highest BCUT2D eigenvalue weighted by Crippen LogP contribution is 2.73. The van der Waals surface area contributed by atoms with Gasteiger partial charge in [-0.3, -0.25) is 0 Å². The Labute approximate surface area is 165 Å². The van der Waals surface area contributed by atoms with Crippen molar-refractivity contribution in [1.29, 1.82) is 0 Å². The zero-order chi connectivity index (χ0) is 17.8. The second kappa shape index (κ2) is 5.25. The van der Waals surface area contributed by atoms with Gasteiger partial charge in [0.1, 0.15) is 0 Å². The third-order valence-corrected chi connectivity index (χ3v) is 10.7. The molecule has 27 heavy (non-hydrogen) atoms. The second-order valence-corrected chi connectivity index (χ2v) is 12.5. The summed E-state index contributed by atoms with van der Waals surface area (Å²) in [5.41, 5.74) is 3.05. The van der Waals surface area contributed by atoms with Crippen molar-refractivity contribution in [2.75, 3.05) is 0 Å². The monoisotopic (exact) mass is 363 g/mol. The van der Waals surface area contributed by atoms with Gasteiger partial charge in [0.2, 0.25) is 0 Å². The van der Waals surface area contributed by atoms with Gasteiger partial charge in [-0.25, -0.2) is 0 Å². The van der Waals surface area contributed by atoms with Crippen LogP contribution in [0.25, 0.3) is 0 Å². The summed E-state index contributed by atoms with van der Waals surface area (Å²) in [7, 11) is 2.35. The van der Waals surface area contributed by atoms with Crippen LogP contribution in [-0.2, 0) is 7.05 Å². The molecule has 146 valence electrons. The van der Waals surface area contributed by atoms with E-state index in [-0.39, 0.29) is 0 Å². The zero-order valence-corrected chi connectivity index (χ0v) is 17.2. The van der Waals surface area contributed by atoms with Crippen molar-refractivity contribution in [2.45, 2.75) is 83.0 Å². The first-order chi connectivity index (χ1) is 13.1. The molecule has 9 rings (SSSR count). The Balaban J connectivity index is 1.38. The summed E-state index contributed by atoms with van der Waals surface area (Å²) in [5, 5.41) is 0. The molecule has 0 aromatic carbocycles. The maximum Gasteiger partial charge on any atom is 0.0213 e. The largest absolute Gasteiger partial charge is 0.354 e. The average Bonchev–Trinajstić information content (AvgIpc) is 2.97. The minimum Gasteiger partial charge on any atom is -0.354 e. The van der Waals surface area contributed by atoms with Gasteiger partial charge in [0.05, 0.1) is 0 Å². The molecule has 1 nitrogen and oxygen atoms in total. The van der Waals surface area contributed by atoms with Crippen molar-refractivity contribution in [3.63, 3.8) is 0 Å². The highest BCUT2D eigenvalue weighted by atomic mass is 14.9. The molecule has 0 amide bonds. The van der Waals surface area contributed by atoms with Crippen molar-refractivity contribution in [3.8, 4) is 0 Å². The van der Waals surface area contributed by atoms with E-state index in [4.69, 9.17) is 0 Å². The number of aromatic nitrogens is 1. The van der Waals surface area contributed by atoms with Crippen molar-refractivity contribution >= 4 is 0 Å². The van der Waals surface area contributed by atoms with Crippen LogP contribution in [0.2, 0.25) is 0 Å². The van der Waals surface area contributed by atoms with Crippen LogP contribution in [0.5, 0.6) is 0 Å². The molecular formula is C26H37N. The van der Waals surface area contributed by atoms with E-state index >= 15 is 0 Å². The van der Waals surface area contributed by atoms with Gasteiger partial charge < -0.3 is 4.57 Å². The quantitative estimate of drug-likeness (QED) is 0.574. The molecule has 8 bridgehead atoms. The lowest BCUT2D eigenvalue weighted by molar-refractivity contribution is -0.145. The summed E-state index contributed by atoms with van der Waals surface area (Å²) >= 11 is 0. The van der Waals surface area contributed by atoms with E-state index in [9.17, 15) is 0 Å². The fourth-order valence-corrected chi connectivity index (χ4v) is 11.1. The highest BCUT2D eigenvalue weighted by molar-refractivity contribution is 5.26. The molecule has 1 heteroatoms. The van der Waals surface area contributed by atoms with Crippen LogP contribution in [0, 0.1) is 46.3 Å². The van der Waals surface area contributed by atoms with Gasteiger partial charge in [0.25, 0.3) is 0 Å². The van der Waals surface area contributed by atoms with E-state index in [2.05, 4.69) is 29.9 Å². The van der Waals surface area contributed by atoms with E-state index in [0.29, 0.717) is 10.8 Å². The topological polar surface area (TPSA) is 4.93 Å². The molecule has 8 saturated carbocycles. The second-order valence-electron chi connectivity index (χ2n) is 12.5. The predicted octanol–water partition coefficient (Wildman–Crippen LogP) is 6.54. The van der Waals surface area contributed by atoms with E-state index in [1.165, 1.54) is 0 Å². The van der Waals surface area contributed by atoms with Gasteiger partial charge in [-0.05, 0) is 136 Å². The molecule has 0 atom stereocenters. The standard InChI is InChI=1S/C26H37N/c1-27-4-2-3-23(27)24(25-11-17-5-18(12-25)7-19(6-17)13-25)26-14-20-8-21(15-26)10-22(9-20)16-26/h2-4,17-22,24H,5-16H2,1H3. The summed E-state index contributed by atoms with van der Waals surface area (Å²) in [4.78, 5) is 0. The molecule has 1 aromatic heterocycles. The van der Waals surface area contributed by atoms with Crippen LogP contribution in [0.3, 0.4) is 0 Å². The van der Waals surface area contributed by atoms with Gasteiger partial charge in [-0.1, -0.05) is 0 Å². The first-order valence-corrected chi connectivity index (χ1v) is 12.2. The van der Waals surface area contributed by atoms with Crippen LogP contribution < -0.4 is 0 Å². The normalized spacial score (nSPS) is 53.2. The lowest BCUT2D eigenvalue weighted by Crippen LogP contribution is -2.57. The Hall–Kier alpha value is -0.720. The molecule has 1 aromatic rings. The van der Waals surface area contributed by atoms with Crippen LogP contribution in [0.4, 0.5) is 0 Å². The van der Waals surface area contributed by atoms with Crippen molar-refractivity contribution in [3.05, 3.63) is 24.0 Å². The maximum absolute atomic E-state index is 2.54. The molecule has 1 heterocycles. The van der Waals surface area contributed by atoms with E-state index in [1.54, 1.807) is 82.7 Å². The number of rotatable bonds is 3. The van der Waals surface area contributed by atoms with Crippen LogP contribution in [0.1, 0.15) is 88.7 Å². The Morgan fingerprint density at radius 1 is 0.704 bits per heavy atom. The first kappa shape index (κ1) is 16.1. The number of hydrogen-bond acceptors (Lipinski definition) is 0. The lowest BCUT2D eigenvalue weighted by Gasteiger charge is -2.67. The summed E-state index contributed by atoms with van der Waals surface area (Å²) in [6.45, 7) is 0. The van der Waals surface area contributed by atoms with Crippen LogP contribution in [-0.4, -0.2) is 4.57 Å². The molecule has 0 unspecified atom stereocenters. The Morgan fingerprint density at radius 2 is 1.07 bits per heavy atom. The molecule has 0 radical (unpaired) electrons. The summed E-state index contributed by atoms with van der Waals surface area (Å²) in [6, 6.07) is 4.89. The van der Waals surface area contributed by atoms with Crippen molar-refractivity contribution in [2.24, 2.45) is 53.4 Å². The lowest BCUT2D eigenvalue weighted by atomic mass is 9.38. The number of nitrogens with zero attached hydrogens (tertiary/aromatic N) is 1. The average molecular weight is 364 g/mol. The molecule has 0 saturated heterocycles. The van der Waals surface area contributed by atoms with Gasteiger partial charge >= 0.3 is 0 Å².